The molecular weight excluding hydrogens is 524 g/mol. The highest BCUT2D eigenvalue weighted by atomic mass is 32.2. The largest absolute Gasteiger partial charge is 0.478 e. The summed E-state index contributed by atoms with van der Waals surface area (Å²) >= 11 is 2.70. The Kier molecular flexibility index (Phi) is 8.98. The summed E-state index contributed by atoms with van der Waals surface area (Å²) in [6.07, 6.45) is 4.14. The van der Waals surface area contributed by atoms with Crippen LogP contribution in [0.3, 0.4) is 0 Å². The van der Waals surface area contributed by atoms with Crippen molar-refractivity contribution in [3.63, 3.8) is 0 Å². The number of carboxylic acid groups (broad SMARTS) is 1. The first-order chi connectivity index (χ1) is 18.3. The zero-order valence-corrected chi connectivity index (χ0v) is 22.2. The Hall–Kier alpha value is -3.89. The number of amides is 2. The summed E-state index contributed by atoms with van der Waals surface area (Å²) in [4.78, 5) is 49.7. The smallest absolute Gasteiger partial charge is 0.341 e. The van der Waals surface area contributed by atoms with Crippen molar-refractivity contribution < 1.29 is 29.0 Å². The minimum atomic E-state index is -1.21. The van der Waals surface area contributed by atoms with Crippen molar-refractivity contribution >= 4 is 57.5 Å². The lowest BCUT2D eigenvalue weighted by atomic mass is 9.83. The fourth-order valence-corrected chi connectivity index (χ4v) is 6.39. The summed E-state index contributed by atoms with van der Waals surface area (Å²) in [6.45, 7) is 0. The number of carbonyl (C=O) groups is 4. The van der Waals surface area contributed by atoms with Gasteiger partial charge in [0.05, 0.1) is 18.4 Å². The van der Waals surface area contributed by atoms with E-state index in [9.17, 15) is 19.2 Å². The Morgan fingerprint density at radius 1 is 1.08 bits per heavy atom. The van der Waals surface area contributed by atoms with Crippen molar-refractivity contribution in [2.75, 3.05) is 23.5 Å². The van der Waals surface area contributed by atoms with Crippen LogP contribution >= 0.6 is 23.1 Å². The number of thioether (sulfide) groups is 1. The van der Waals surface area contributed by atoms with Crippen molar-refractivity contribution in [2.45, 2.75) is 30.1 Å². The Bertz CT molecular complexity index is 1380. The predicted octanol–water partition coefficient (Wildman–Crippen LogP) is 5.12. The van der Waals surface area contributed by atoms with Gasteiger partial charge in [0.25, 0.3) is 0 Å². The molecule has 8 nitrogen and oxygen atoms in total. The van der Waals surface area contributed by atoms with E-state index < -0.39 is 17.8 Å². The van der Waals surface area contributed by atoms with Crippen molar-refractivity contribution in [1.82, 2.24) is 0 Å². The second kappa shape index (κ2) is 12.6. The van der Waals surface area contributed by atoms with Gasteiger partial charge in [-0.3, -0.25) is 9.59 Å². The van der Waals surface area contributed by atoms with Crippen LogP contribution in [0.1, 0.15) is 38.7 Å². The van der Waals surface area contributed by atoms with Crippen molar-refractivity contribution in [2.24, 2.45) is 0 Å². The first-order valence-corrected chi connectivity index (χ1v) is 13.7. The molecule has 0 aliphatic heterocycles. The number of fused-ring (bicyclic) bond motifs is 1. The van der Waals surface area contributed by atoms with Crippen LogP contribution in [0, 0.1) is 0 Å². The Labute approximate surface area is 228 Å². The maximum Gasteiger partial charge on any atom is 0.341 e. The minimum absolute atomic E-state index is 0.0894. The second-order valence-electron chi connectivity index (χ2n) is 8.58. The van der Waals surface area contributed by atoms with Crippen molar-refractivity contribution in [3.05, 3.63) is 88.3 Å². The average Bonchev–Trinajstić information content (AvgIpc) is 3.28. The molecule has 0 fully saturated rings. The van der Waals surface area contributed by atoms with Gasteiger partial charge >= 0.3 is 11.9 Å². The average molecular weight is 551 g/mol. The summed E-state index contributed by atoms with van der Waals surface area (Å²) in [7, 11) is 1.34. The summed E-state index contributed by atoms with van der Waals surface area (Å²) in [6, 6.07) is 17.2. The number of benzene rings is 2. The van der Waals surface area contributed by atoms with Crippen LogP contribution in [0.5, 0.6) is 0 Å². The fourth-order valence-electron chi connectivity index (χ4n) is 4.31. The Morgan fingerprint density at radius 3 is 2.61 bits per heavy atom. The number of ether oxygens (including phenoxy) is 1. The van der Waals surface area contributed by atoms with Gasteiger partial charge in [0.2, 0.25) is 11.8 Å². The lowest BCUT2D eigenvalue weighted by Gasteiger charge is -2.22. The lowest BCUT2D eigenvalue weighted by molar-refractivity contribution is -0.131. The molecule has 0 saturated carbocycles. The monoisotopic (exact) mass is 550 g/mol. The summed E-state index contributed by atoms with van der Waals surface area (Å²) < 4.78 is 5.04. The van der Waals surface area contributed by atoms with Crippen LogP contribution < -0.4 is 10.6 Å². The maximum atomic E-state index is 12.8. The van der Waals surface area contributed by atoms with E-state index >= 15 is 0 Å². The molecule has 0 radical (unpaired) electrons. The van der Waals surface area contributed by atoms with Gasteiger partial charge in [-0.2, -0.15) is 0 Å². The number of carbonyl (C=O) groups excluding carboxylic acids is 3. The topological polar surface area (TPSA) is 122 Å². The predicted molar refractivity (Wildman–Crippen MR) is 148 cm³/mol. The van der Waals surface area contributed by atoms with E-state index in [-0.39, 0.29) is 11.7 Å². The number of esters is 1. The van der Waals surface area contributed by atoms with Gasteiger partial charge in [-0.15, -0.1) is 23.1 Å². The van der Waals surface area contributed by atoms with Crippen LogP contribution in [-0.4, -0.2) is 41.7 Å². The standard InChI is InChI=1S/C28H26N2O6S2/c1-36-28(35)26-21-11-10-18(17-6-3-2-4-7-17)14-22(21)38-27(26)30-24(32)16-37-20-9-5-8-19(15-20)29-23(31)12-13-25(33)34/h2-9,12-13,15,18H,10-11,14,16H2,1H3,(H,29,31)(H,30,32)(H,33,34)/b13-12+. The number of methoxy groups -OCH3 is 1. The van der Waals surface area contributed by atoms with E-state index in [1.54, 1.807) is 24.3 Å². The molecule has 38 heavy (non-hydrogen) atoms. The molecule has 0 spiro atoms. The molecule has 1 aliphatic rings. The quantitative estimate of drug-likeness (QED) is 0.192. The van der Waals surface area contributed by atoms with Crippen LogP contribution in [0.4, 0.5) is 10.7 Å². The number of nitrogens with one attached hydrogen (secondary N) is 2. The number of rotatable bonds is 9. The minimum Gasteiger partial charge on any atom is -0.478 e. The number of anilines is 2. The Morgan fingerprint density at radius 2 is 1.87 bits per heavy atom. The van der Waals surface area contributed by atoms with Gasteiger partial charge < -0.3 is 20.5 Å². The third kappa shape index (κ3) is 6.90. The zero-order valence-electron chi connectivity index (χ0n) is 20.6. The third-order valence-corrected chi connectivity index (χ3v) is 8.19. The zero-order chi connectivity index (χ0) is 27.1. The van der Waals surface area contributed by atoms with E-state index in [0.717, 1.165) is 46.8 Å². The van der Waals surface area contributed by atoms with E-state index in [0.29, 0.717) is 22.2 Å². The number of hydrogen-bond donors (Lipinski definition) is 3. The van der Waals surface area contributed by atoms with Gasteiger partial charge in [0.15, 0.2) is 0 Å². The third-order valence-electron chi connectivity index (χ3n) is 6.03. The number of carboxylic acids is 1. The highest BCUT2D eigenvalue weighted by Gasteiger charge is 2.30. The van der Waals surface area contributed by atoms with Crippen molar-refractivity contribution in [3.8, 4) is 0 Å². The van der Waals surface area contributed by atoms with E-state index in [1.807, 2.05) is 18.2 Å². The molecule has 4 rings (SSSR count). The van der Waals surface area contributed by atoms with Gasteiger partial charge in [-0.1, -0.05) is 36.4 Å². The molecule has 1 aromatic heterocycles. The highest BCUT2D eigenvalue weighted by molar-refractivity contribution is 8.00. The van der Waals surface area contributed by atoms with Crippen LogP contribution in [0.2, 0.25) is 0 Å². The Balaban J connectivity index is 1.42. The lowest BCUT2D eigenvalue weighted by Crippen LogP contribution is -2.17. The van der Waals surface area contributed by atoms with Crippen LogP contribution in [0.15, 0.2) is 71.6 Å². The molecule has 1 aliphatic carbocycles. The molecule has 3 N–H and O–H groups in total. The second-order valence-corrected chi connectivity index (χ2v) is 10.7. The van der Waals surface area contributed by atoms with Crippen molar-refractivity contribution in [1.29, 1.82) is 0 Å². The maximum absolute atomic E-state index is 12.8. The molecule has 1 atom stereocenters. The first kappa shape index (κ1) is 27.2. The molecule has 2 amide bonds. The summed E-state index contributed by atoms with van der Waals surface area (Å²) in [5, 5.41) is 14.6. The van der Waals surface area contributed by atoms with Gasteiger partial charge in [0.1, 0.15) is 5.00 Å². The molecule has 10 heteroatoms. The molecule has 3 aromatic rings. The van der Waals surface area contributed by atoms with Gasteiger partial charge in [-0.25, -0.2) is 9.59 Å². The van der Waals surface area contributed by atoms with Crippen LogP contribution in [-0.2, 0) is 32.0 Å². The van der Waals surface area contributed by atoms with E-state index in [1.165, 1.54) is 35.8 Å². The molecule has 0 bridgehead atoms. The normalized spacial score (nSPS) is 14.5. The van der Waals surface area contributed by atoms with Gasteiger partial charge in [0, 0.05) is 27.6 Å². The number of hydrogen-bond acceptors (Lipinski definition) is 7. The highest BCUT2D eigenvalue weighted by Crippen LogP contribution is 2.42. The van der Waals surface area contributed by atoms with Crippen LogP contribution in [0.25, 0.3) is 0 Å². The summed E-state index contributed by atoms with van der Waals surface area (Å²) in [5.74, 6) is -2.06. The number of aliphatic carboxylic acids is 1. The SMILES string of the molecule is COC(=O)c1c(NC(=O)CSc2cccc(NC(=O)/C=C/C(=O)O)c2)sc2c1CCC(c1ccccc1)C2. The molecule has 0 saturated heterocycles. The number of thiophene rings is 1. The van der Waals surface area contributed by atoms with E-state index in [4.69, 9.17) is 9.84 Å². The summed E-state index contributed by atoms with van der Waals surface area (Å²) in [5.41, 5.74) is 3.14. The fraction of sp³-hybridized carbons (Fsp3) is 0.214. The molecule has 2 aromatic carbocycles. The molecule has 1 unspecified atom stereocenters. The van der Waals surface area contributed by atoms with E-state index in [2.05, 4.69) is 22.8 Å². The van der Waals surface area contributed by atoms with Gasteiger partial charge in [-0.05, 0) is 54.5 Å². The molecular formula is C28H26N2O6S2. The first-order valence-electron chi connectivity index (χ1n) is 11.9. The molecule has 196 valence electrons. The molecule has 1 heterocycles.